The van der Waals surface area contributed by atoms with E-state index in [1.165, 1.54) is 0 Å². The van der Waals surface area contributed by atoms with Crippen LogP contribution in [0.15, 0.2) is 53.1 Å². The van der Waals surface area contributed by atoms with E-state index in [4.69, 9.17) is 9.26 Å². The van der Waals surface area contributed by atoms with E-state index in [1.54, 1.807) is 7.11 Å². The van der Waals surface area contributed by atoms with Crippen molar-refractivity contribution in [2.75, 3.05) is 13.7 Å². The predicted octanol–water partition coefficient (Wildman–Crippen LogP) is 4.03. The number of aromatic nitrogens is 2. The summed E-state index contributed by atoms with van der Waals surface area (Å²) in [5, 5.41) is 4.12. The molecule has 2 aromatic carbocycles. The van der Waals surface area contributed by atoms with E-state index >= 15 is 0 Å². The first-order chi connectivity index (χ1) is 13.2. The zero-order valence-corrected chi connectivity index (χ0v) is 15.4. The minimum absolute atomic E-state index is 0.00708. The molecule has 1 aromatic heterocycles. The van der Waals surface area contributed by atoms with Gasteiger partial charge in [0.2, 0.25) is 11.7 Å². The standard InChI is InChI=1S/C21H21N3O3/c1-14-8-3-4-9-15(14)21(25)24-13-7-11-17(24)20-22-19(23-27-20)16-10-5-6-12-18(16)26-2/h3-6,8-10,12,17H,7,11,13H2,1-2H3/t17-/m0/s1. The van der Waals surface area contributed by atoms with Crippen LogP contribution in [0.5, 0.6) is 5.75 Å². The zero-order valence-electron chi connectivity index (χ0n) is 15.4. The zero-order chi connectivity index (χ0) is 18.8. The molecule has 1 saturated heterocycles. The van der Waals surface area contributed by atoms with Gasteiger partial charge in [-0.15, -0.1) is 0 Å². The number of amides is 1. The molecule has 2 heterocycles. The highest BCUT2D eigenvalue weighted by Crippen LogP contribution is 2.35. The van der Waals surface area contributed by atoms with Crippen LogP contribution in [0.1, 0.15) is 40.7 Å². The fraction of sp³-hybridized carbons (Fsp3) is 0.286. The Morgan fingerprint density at radius 1 is 1.19 bits per heavy atom. The van der Waals surface area contributed by atoms with Crippen LogP contribution in [0, 0.1) is 6.92 Å². The van der Waals surface area contributed by atoms with Gasteiger partial charge in [-0.05, 0) is 43.5 Å². The molecule has 0 radical (unpaired) electrons. The fourth-order valence-electron chi connectivity index (χ4n) is 3.54. The van der Waals surface area contributed by atoms with Crippen molar-refractivity contribution in [3.8, 4) is 17.1 Å². The number of ether oxygens (including phenoxy) is 1. The smallest absolute Gasteiger partial charge is 0.254 e. The molecule has 0 unspecified atom stereocenters. The van der Waals surface area contributed by atoms with E-state index in [0.29, 0.717) is 29.6 Å². The molecule has 0 N–H and O–H groups in total. The van der Waals surface area contributed by atoms with Crippen molar-refractivity contribution in [1.82, 2.24) is 15.0 Å². The van der Waals surface area contributed by atoms with Crippen LogP contribution in [0.4, 0.5) is 0 Å². The number of carbonyl (C=O) groups excluding carboxylic acids is 1. The van der Waals surface area contributed by atoms with Gasteiger partial charge in [-0.2, -0.15) is 4.98 Å². The summed E-state index contributed by atoms with van der Waals surface area (Å²) >= 11 is 0. The van der Waals surface area contributed by atoms with Crippen LogP contribution in [0.3, 0.4) is 0 Å². The number of methoxy groups -OCH3 is 1. The van der Waals surface area contributed by atoms with E-state index in [9.17, 15) is 4.79 Å². The van der Waals surface area contributed by atoms with Crippen molar-refractivity contribution < 1.29 is 14.1 Å². The van der Waals surface area contributed by atoms with E-state index in [0.717, 1.165) is 24.0 Å². The molecular formula is C21H21N3O3. The summed E-state index contributed by atoms with van der Waals surface area (Å²) in [4.78, 5) is 19.4. The first-order valence-electron chi connectivity index (χ1n) is 9.02. The van der Waals surface area contributed by atoms with Gasteiger partial charge >= 0.3 is 0 Å². The van der Waals surface area contributed by atoms with Gasteiger partial charge in [0.25, 0.3) is 5.91 Å². The van der Waals surface area contributed by atoms with Crippen LogP contribution in [0.2, 0.25) is 0 Å². The number of carbonyl (C=O) groups is 1. The minimum Gasteiger partial charge on any atom is -0.496 e. The van der Waals surface area contributed by atoms with Crippen molar-refractivity contribution in [1.29, 1.82) is 0 Å². The van der Waals surface area contributed by atoms with Crippen LogP contribution >= 0.6 is 0 Å². The summed E-state index contributed by atoms with van der Waals surface area (Å²) in [6.07, 6.45) is 1.72. The van der Waals surface area contributed by atoms with E-state index in [-0.39, 0.29) is 11.9 Å². The maximum atomic E-state index is 13.0. The van der Waals surface area contributed by atoms with Gasteiger partial charge < -0.3 is 14.2 Å². The highest BCUT2D eigenvalue weighted by atomic mass is 16.5. The first kappa shape index (κ1) is 17.3. The predicted molar refractivity (Wildman–Crippen MR) is 100 cm³/mol. The highest BCUT2D eigenvalue weighted by Gasteiger charge is 2.35. The molecular weight excluding hydrogens is 342 g/mol. The van der Waals surface area contributed by atoms with E-state index in [1.807, 2.05) is 60.4 Å². The molecule has 0 bridgehead atoms. The maximum absolute atomic E-state index is 13.0. The molecule has 1 aliphatic rings. The summed E-state index contributed by atoms with van der Waals surface area (Å²) in [6, 6.07) is 15.0. The molecule has 0 saturated carbocycles. The fourth-order valence-corrected chi connectivity index (χ4v) is 3.54. The minimum atomic E-state index is -0.201. The molecule has 0 spiro atoms. The van der Waals surface area contributed by atoms with Gasteiger partial charge in [0.15, 0.2) is 0 Å². The number of nitrogens with zero attached hydrogens (tertiary/aromatic N) is 3. The lowest BCUT2D eigenvalue weighted by molar-refractivity contribution is 0.0709. The van der Waals surface area contributed by atoms with Crippen molar-refractivity contribution in [2.45, 2.75) is 25.8 Å². The third kappa shape index (κ3) is 3.18. The van der Waals surface area contributed by atoms with Crippen LogP contribution in [-0.4, -0.2) is 34.6 Å². The average molecular weight is 363 g/mol. The Hall–Kier alpha value is -3.15. The number of hydrogen-bond donors (Lipinski definition) is 0. The van der Waals surface area contributed by atoms with Gasteiger partial charge in [-0.1, -0.05) is 35.5 Å². The van der Waals surface area contributed by atoms with E-state index < -0.39 is 0 Å². The third-order valence-electron chi connectivity index (χ3n) is 4.96. The normalized spacial score (nSPS) is 16.5. The first-order valence-corrected chi connectivity index (χ1v) is 9.02. The van der Waals surface area contributed by atoms with Crippen LogP contribution in [0.25, 0.3) is 11.4 Å². The van der Waals surface area contributed by atoms with Crippen molar-refractivity contribution in [3.05, 3.63) is 65.5 Å². The Balaban J connectivity index is 1.63. The number of hydrogen-bond acceptors (Lipinski definition) is 5. The Kier molecular flexibility index (Phi) is 4.62. The summed E-state index contributed by atoms with van der Waals surface area (Å²) in [5.41, 5.74) is 2.45. The van der Waals surface area contributed by atoms with Gasteiger partial charge in [0.05, 0.1) is 12.7 Å². The molecule has 1 amide bonds. The SMILES string of the molecule is COc1ccccc1-c1noc([C@@H]2CCCN2C(=O)c2ccccc2C)n1. The molecule has 6 nitrogen and oxygen atoms in total. The third-order valence-corrected chi connectivity index (χ3v) is 4.96. The number of likely N-dealkylation sites (tertiary alicyclic amines) is 1. The second-order valence-electron chi connectivity index (χ2n) is 6.63. The molecule has 27 heavy (non-hydrogen) atoms. The topological polar surface area (TPSA) is 68.5 Å². The van der Waals surface area contributed by atoms with Gasteiger partial charge in [-0.3, -0.25) is 4.79 Å². The Morgan fingerprint density at radius 2 is 1.96 bits per heavy atom. The van der Waals surface area contributed by atoms with Gasteiger partial charge in [0.1, 0.15) is 11.8 Å². The maximum Gasteiger partial charge on any atom is 0.254 e. The second kappa shape index (κ2) is 7.23. The van der Waals surface area contributed by atoms with E-state index in [2.05, 4.69) is 10.1 Å². The van der Waals surface area contributed by atoms with Crippen molar-refractivity contribution in [3.63, 3.8) is 0 Å². The quantitative estimate of drug-likeness (QED) is 0.700. The molecule has 1 aliphatic heterocycles. The average Bonchev–Trinajstić information content (AvgIpc) is 3.37. The summed E-state index contributed by atoms with van der Waals surface area (Å²) in [5.74, 6) is 1.63. The molecule has 3 aromatic rings. The molecule has 138 valence electrons. The Morgan fingerprint density at radius 3 is 2.78 bits per heavy atom. The lowest BCUT2D eigenvalue weighted by atomic mass is 10.1. The Bertz CT molecular complexity index is 967. The number of benzene rings is 2. The molecule has 6 heteroatoms. The van der Waals surface area contributed by atoms with Crippen LogP contribution < -0.4 is 4.74 Å². The number of rotatable bonds is 4. The molecule has 1 fully saturated rings. The second-order valence-corrected chi connectivity index (χ2v) is 6.63. The summed E-state index contributed by atoms with van der Waals surface area (Å²) in [7, 11) is 1.61. The van der Waals surface area contributed by atoms with Gasteiger partial charge in [-0.25, -0.2) is 0 Å². The lowest BCUT2D eigenvalue weighted by Crippen LogP contribution is -2.31. The van der Waals surface area contributed by atoms with Gasteiger partial charge in [0, 0.05) is 12.1 Å². The monoisotopic (exact) mass is 363 g/mol. The lowest BCUT2D eigenvalue weighted by Gasteiger charge is -2.22. The molecule has 1 atom stereocenters. The summed E-state index contributed by atoms with van der Waals surface area (Å²) < 4.78 is 10.9. The highest BCUT2D eigenvalue weighted by molar-refractivity contribution is 5.96. The Labute approximate surface area is 157 Å². The molecule has 4 rings (SSSR count). The number of aryl methyl sites for hydroxylation is 1. The largest absolute Gasteiger partial charge is 0.496 e. The molecule has 0 aliphatic carbocycles. The summed E-state index contributed by atoms with van der Waals surface area (Å²) in [6.45, 7) is 2.63. The number of para-hydroxylation sites is 1. The van der Waals surface area contributed by atoms with Crippen LogP contribution in [-0.2, 0) is 0 Å². The van der Waals surface area contributed by atoms with Crippen molar-refractivity contribution >= 4 is 5.91 Å². The van der Waals surface area contributed by atoms with Crippen molar-refractivity contribution in [2.24, 2.45) is 0 Å².